The lowest BCUT2D eigenvalue weighted by molar-refractivity contribution is -0.124. The second-order valence-electron chi connectivity index (χ2n) is 6.98. The molecular formula is C19H26N2O3. The van der Waals surface area contributed by atoms with Crippen LogP contribution in [0.1, 0.15) is 48.0 Å². The van der Waals surface area contributed by atoms with Crippen molar-refractivity contribution >= 4 is 11.8 Å². The summed E-state index contributed by atoms with van der Waals surface area (Å²) in [6.45, 7) is 2.00. The maximum absolute atomic E-state index is 12.4. The zero-order chi connectivity index (χ0) is 16.9. The summed E-state index contributed by atoms with van der Waals surface area (Å²) in [7, 11) is 0. The number of hydrogen-bond donors (Lipinski definition) is 2. The average molecular weight is 330 g/mol. The number of likely N-dealkylation sites (tertiary alicyclic amines) is 1. The van der Waals surface area contributed by atoms with Crippen LogP contribution in [0.4, 0.5) is 0 Å². The molecule has 1 aliphatic carbocycles. The van der Waals surface area contributed by atoms with E-state index < -0.39 is 0 Å². The Morgan fingerprint density at radius 1 is 1.12 bits per heavy atom. The van der Waals surface area contributed by atoms with E-state index in [-0.39, 0.29) is 30.3 Å². The van der Waals surface area contributed by atoms with Crippen LogP contribution in [0, 0.1) is 11.8 Å². The topological polar surface area (TPSA) is 69.6 Å². The third-order valence-electron chi connectivity index (χ3n) is 5.22. The number of amides is 2. The van der Waals surface area contributed by atoms with E-state index in [2.05, 4.69) is 5.32 Å². The molecule has 1 unspecified atom stereocenters. The Morgan fingerprint density at radius 2 is 1.83 bits per heavy atom. The Morgan fingerprint density at radius 3 is 2.46 bits per heavy atom. The first kappa shape index (κ1) is 17.0. The van der Waals surface area contributed by atoms with Crippen molar-refractivity contribution in [1.29, 1.82) is 0 Å². The highest BCUT2D eigenvalue weighted by Gasteiger charge is 2.26. The first-order chi connectivity index (χ1) is 11.7. The second-order valence-corrected chi connectivity index (χ2v) is 6.98. The number of rotatable bonds is 5. The van der Waals surface area contributed by atoms with Gasteiger partial charge >= 0.3 is 0 Å². The van der Waals surface area contributed by atoms with Crippen molar-refractivity contribution in [3.8, 4) is 0 Å². The molecule has 0 aromatic heterocycles. The number of nitrogens with zero attached hydrogens (tertiary/aromatic N) is 1. The maximum Gasteiger partial charge on any atom is 0.253 e. The summed E-state index contributed by atoms with van der Waals surface area (Å²) in [5.74, 6) is 0.562. The van der Waals surface area contributed by atoms with Crippen LogP contribution in [0.3, 0.4) is 0 Å². The van der Waals surface area contributed by atoms with Crippen molar-refractivity contribution in [3.05, 3.63) is 35.4 Å². The minimum Gasteiger partial charge on any atom is -0.396 e. The fourth-order valence-electron chi connectivity index (χ4n) is 3.64. The van der Waals surface area contributed by atoms with Crippen molar-refractivity contribution in [1.82, 2.24) is 10.2 Å². The van der Waals surface area contributed by atoms with Gasteiger partial charge in [0.1, 0.15) is 0 Å². The molecule has 130 valence electrons. The molecule has 1 aromatic rings. The molecule has 3 rings (SSSR count). The quantitative estimate of drug-likeness (QED) is 0.867. The summed E-state index contributed by atoms with van der Waals surface area (Å²) >= 11 is 0. The molecule has 1 saturated heterocycles. The SMILES string of the molecule is O=C(NCc1ccc(C(=O)N2CCC(CO)C2)cc1)C1CCCC1. The molecule has 2 amide bonds. The van der Waals surface area contributed by atoms with E-state index in [1.54, 1.807) is 4.90 Å². The molecule has 1 saturated carbocycles. The van der Waals surface area contributed by atoms with Crippen LogP contribution >= 0.6 is 0 Å². The van der Waals surface area contributed by atoms with Crippen LogP contribution in [0.5, 0.6) is 0 Å². The Labute approximate surface area is 143 Å². The summed E-state index contributed by atoms with van der Waals surface area (Å²) in [4.78, 5) is 26.3. The van der Waals surface area contributed by atoms with Gasteiger partial charge in [0.05, 0.1) is 0 Å². The van der Waals surface area contributed by atoms with Crippen molar-refractivity contribution in [2.24, 2.45) is 11.8 Å². The van der Waals surface area contributed by atoms with Gasteiger partial charge in [-0.3, -0.25) is 9.59 Å². The molecular weight excluding hydrogens is 304 g/mol. The Balaban J connectivity index is 1.51. The minimum atomic E-state index is 0.0208. The molecule has 24 heavy (non-hydrogen) atoms. The van der Waals surface area contributed by atoms with Gasteiger partial charge in [-0.15, -0.1) is 0 Å². The molecule has 2 N–H and O–H groups in total. The number of carbonyl (C=O) groups excluding carboxylic acids is 2. The van der Waals surface area contributed by atoms with E-state index in [1.807, 2.05) is 24.3 Å². The zero-order valence-electron chi connectivity index (χ0n) is 14.0. The van der Waals surface area contributed by atoms with E-state index in [4.69, 9.17) is 0 Å². The van der Waals surface area contributed by atoms with E-state index in [1.165, 1.54) is 0 Å². The van der Waals surface area contributed by atoms with Gasteiger partial charge in [-0.2, -0.15) is 0 Å². The molecule has 5 heteroatoms. The molecule has 1 aromatic carbocycles. The third kappa shape index (κ3) is 3.96. The average Bonchev–Trinajstić information content (AvgIpc) is 3.30. The number of nitrogens with one attached hydrogen (secondary N) is 1. The first-order valence-electron chi connectivity index (χ1n) is 8.94. The molecule has 1 aliphatic heterocycles. The molecule has 1 heterocycles. The zero-order valence-corrected chi connectivity index (χ0v) is 14.0. The maximum atomic E-state index is 12.4. The fraction of sp³-hybridized carbons (Fsp3) is 0.579. The van der Waals surface area contributed by atoms with Crippen LogP contribution in [-0.2, 0) is 11.3 Å². The summed E-state index contributed by atoms with van der Waals surface area (Å²) in [5.41, 5.74) is 1.67. The van der Waals surface area contributed by atoms with Gasteiger partial charge in [0.2, 0.25) is 5.91 Å². The molecule has 5 nitrogen and oxygen atoms in total. The van der Waals surface area contributed by atoms with Gasteiger partial charge < -0.3 is 15.3 Å². The Kier molecular flexibility index (Phi) is 5.51. The van der Waals surface area contributed by atoms with Crippen molar-refractivity contribution in [3.63, 3.8) is 0 Å². The van der Waals surface area contributed by atoms with Crippen molar-refractivity contribution in [2.45, 2.75) is 38.6 Å². The van der Waals surface area contributed by atoms with Gasteiger partial charge in [-0.25, -0.2) is 0 Å². The van der Waals surface area contributed by atoms with E-state index in [0.717, 1.165) is 37.7 Å². The summed E-state index contributed by atoms with van der Waals surface area (Å²) < 4.78 is 0. The van der Waals surface area contributed by atoms with Crippen molar-refractivity contribution in [2.75, 3.05) is 19.7 Å². The highest BCUT2D eigenvalue weighted by molar-refractivity contribution is 5.94. The molecule has 2 aliphatic rings. The standard InChI is InChI=1S/C19H26N2O3/c22-13-15-9-10-21(12-15)19(24)17-7-5-14(6-8-17)11-20-18(23)16-3-1-2-4-16/h5-8,15-16,22H,1-4,9-13H2,(H,20,23). The van der Waals surface area contributed by atoms with Crippen LogP contribution in [0.25, 0.3) is 0 Å². The predicted octanol–water partition coefficient (Wildman–Crippen LogP) is 1.95. The number of carbonyl (C=O) groups is 2. The highest BCUT2D eigenvalue weighted by atomic mass is 16.3. The molecule has 0 radical (unpaired) electrons. The Hall–Kier alpha value is -1.88. The smallest absolute Gasteiger partial charge is 0.253 e. The van der Waals surface area contributed by atoms with Gasteiger partial charge in [0.25, 0.3) is 5.91 Å². The molecule has 0 spiro atoms. The van der Waals surface area contributed by atoms with Crippen LogP contribution in [0.15, 0.2) is 24.3 Å². The number of benzene rings is 1. The van der Waals surface area contributed by atoms with Crippen LogP contribution in [-0.4, -0.2) is 41.5 Å². The summed E-state index contributed by atoms with van der Waals surface area (Å²) in [6.07, 6.45) is 5.19. The van der Waals surface area contributed by atoms with E-state index >= 15 is 0 Å². The molecule has 2 fully saturated rings. The highest BCUT2D eigenvalue weighted by Crippen LogP contribution is 2.24. The molecule has 0 bridgehead atoms. The predicted molar refractivity (Wildman–Crippen MR) is 91.3 cm³/mol. The minimum absolute atomic E-state index is 0.0208. The van der Waals surface area contributed by atoms with Crippen LogP contribution in [0.2, 0.25) is 0 Å². The Bertz CT molecular complexity index is 579. The first-order valence-corrected chi connectivity index (χ1v) is 8.94. The van der Waals surface area contributed by atoms with Gasteiger partial charge in [0, 0.05) is 43.6 Å². The second kappa shape index (κ2) is 7.79. The van der Waals surface area contributed by atoms with Crippen LogP contribution < -0.4 is 5.32 Å². The van der Waals surface area contributed by atoms with Gasteiger partial charge in [0.15, 0.2) is 0 Å². The largest absolute Gasteiger partial charge is 0.396 e. The van der Waals surface area contributed by atoms with Crippen molar-refractivity contribution < 1.29 is 14.7 Å². The molecule has 1 atom stereocenters. The summed E-state index contributed by atoms with van der Waals surface area (Å²) in [6, 6.07) is 7.46. The van der Waals surface area contributed by atoms with Gasteiger partial charge in [-0.05, 0) is 37.0 Å². The van der Waals surface area contributed by atoms with E-state index in [9.17, 15) is 14.7 Å². The number of hydrogen-bond acceptors (Lipinski definition) is 3. The summed E-state index contributed by atoms with van der Waals surface area (Å²) in [5, 5.41) is 12.2. The third-order valence-corrected chi connectivity index (χ3v) is 5.22. The fourth-order valence-corrected chi connectivity index (χ4v) is 3.64. The van der Waals surface area contributed by atoms with Gasteiger partial charge in [-0.1, -0.05) is 25.0 Å². The number of aliphatic hydroxyl groups excluding tert-OH is 1. The van der Waals surface area contributed by atoms with E-state index in [0.29, 0.717) is 25.2 Å². The lowest BCUT2D eigenvalue weighted by Crippen LogP contribution is -2.29. The monoisotopic (exact) mass is 330 g/mol. The lowest BCUT2D eigenvalue weighted by Gasteiger charge is -2.16. The number of aliphatic hydroxyl groups is 1. The lowest BCUT2D eigenvalue weighted by atomic mass is 10.1. The normalized spacial score (nSPS) is 21.2.